The quantitative estimate of drug-likeness (QED) is 0.925. The highest BCUT2D eigenvalue weighted by Crippen LogP contribution is 2.28. The van der Waals surface area contributed by atoms with Crippen molar-refractivity contribution in [2.75, 3.05) is 50.6 Å². The fourth-order valence-electron chi connectivity index (χ4n) is 2.85. The molecule has 128 valence electrons. The Balaban J connectivity index is 1.72. The van der Waals surface area contributed by atoms with Crippen LogP contribution in [-0.4, -0.2) is 51.1 Å². The Bertz CT molecular complexity index is 721. The van der Waals surface area contributed by atoms with Crippen LogP contribution in [-0.2, 0) is 0 Å². The molecule has 0 bridgehead atoms. The number of thiophene rings is 1. The van der Waals surface area contributed by atoms with Crippen LogP contribution in [0.25, 0.3) is 0 Å². The number of nitrogens with zero attached hydrogens (tertiary/aromatic N) is 2. The second-order valence-corrected chi connectivity index (χ2v) is 6.98. The average Bonchev–Trinajstić information content (AvgIpc) is 3.06. The van der Waals surface area contributed by atoms with E-state index in [-0.39, 0.29) is 5.91 Å². The minimum atomic E-state index is -0.128. The topological polar surface area (TPSA) is 44.8 Å². The van der Waals surface area contributed by atoms with Crippen molar-refractivity contribution < 1.29 is 9.53 Å². The van der Waals surface area contributed by atoms with Gasteiger partial charge in [0.2, 0.25) is 0 Å². The third kappa shape index (κ3) is 3.55. The van der Waals surface area contributed by atoms with E-state index in [9.17, 15) is 4.79 Å². The predicted molar refractivity (Wildman–Crippen MR) is 99.7 cm³/mol. The number of hydrogen-bond donors (Lipinski definition) is 1. The molecule has 1 fully saturated rings. The van der Waals surface area contributed by atoms with Crippen molar-refractivity contribution in [3.63, 3.8) is 0 Å². The second kappa shape index (κ2) is 7.23. The van der Waals surface area contributed by atoms with Crippen LogP contribution in [0.3, 0.4) is 0 Å². The molecule has 0 aliphatic carbocycles. The summed E-state index contributed by atoms with van der Waals surface area (Å²) in [4.78, 5) is 17.8. The van der Waals surface area contributed by atoms with Gasteiger partial charge in [-0.3, -0.25) is 4.79 Å². The number of carbonyl (C=O) groups excluding carboxylic acids is 1. The lowest BCUT2D eigenvalue weighted by atomic mass is 10.1. The van der Waals surface area contributed by atoms with Gasteiger partial charge < -0.3 is 19.9 Å². The number of methoxy groups -OCH3 is 1. The maximum atomic E-state index is 12.4. The lowest BCUT2D eigenvalue weighted by Gasteiger charge is -2.34. The standard InChI is InChI=1S/C18H23N3O2S/c1-13-12-14(21-9-7-20(2)8-10-21)4-5-15(13)19-18(22)17-16(23-3)6-11-24-17/h4-6,11-12H,7-10H2,1-3H3,(H,19,22). The molecule has 0 saturated carbocycles. The van der Waals surface area contributed by atoms with Gasteiger partial charge in [0, 0.05) is 37.6 Å². The van der Waals surface area contributed by atoms with Crippen molar-refractivity contribution in [3.05, 3.63) is 40.1 Å². The van der Waals surface area contributed by atoms with E-state index in [2.05, 4.69) is 34.3 Å². The summed E-state index contributed by atoms with van der Waals surface area (Å²) in [5.41, 5.74) is 3.12. The first-order valence-corrected chi connectivity index (χ1v) is 8.93. The highest BCUT2D eigenvalue weighted by atomic mass is 32.1. The Morgan fingerprint density at radius 2 is 1.96 bits per heavy atom. The average molecular weight is 345 g/mol. The number of anilines is 2. The molecule has 1 saturated heterocycles. The molecule has 0 spiro atoms. The molecule has 0 atom stereocenters. The third-order valence-corrected chi connectivity index (χ3v) is 5.28. The van der Waals surface area contributed by atoms with Crippen molar-refractivity contribution in [2.45, 2.75) is 6.92 Å². The molecular weight excluding hydrogens is 322 g/mol. The van der Waals surface area contributed by atoms with Gasteiger partial charge in [-0.15, -0.1) is 11.3 Å². The minimum Gasteiger partial charge on any atom is -0.495 e. The lowest BCUT2D eigenvalue weighted by molar-refractivity contribution is 0.102. The molecule has 1 aromatic carbocycles. The van der Waals surface area contributed by atoms with Crippen molar-refractivity contribution in [1.82, 2.24) is 4.90 Å². The highest BCUT2D eigenvalue weighted by molar-refractivity contribution is 7.12. The Morgan fingerprint density at radius 1 is 1.21 bits per heavy atom. The van der Waals surface area contributed by atoms with Crippen LogP contribution in [0.4, 0.5) is 11.4 Å². The van der Waals surface area contributed by atoms with Crippen LogP contribution >= 0.6 is 11.3 Å². The maximum Gasteiger partial charge on any atom is 0.269 e. The first-order valence-electron chi connectivity index (χ1n) is 8.05. The molecule has 1 aliphatic heterocycles. The number of hydrogen-bond acceptors (Lipinski definition) is 5. The highest BCUT2D eigenvalue weighted by Gasteiger charge is 2.17. The number of likely N-dealkylation sites (N-methyl/N-ethyl adjacent to an activating group) is 1. The number of carbonyl (C=O) groups is 1. The third-order valence-electron chi connectivity index (χ3n) is 4.38. The zero-order chi connectivity index (χ0) is 17.1. The Hall–Kier alpha value is -2.05. The first kappa shape index (κ1) is 16.8. The number of benzene rings is 1. The van der Waals surface area contributed by atoms with Crippen molar-refractivity contribution in [2.24, 2.45) is 0 Å². The first-order chi connectivity index (χ1) is 11.6. The number of nitrogens with one attached hydrogen (secondary N) is 1. The Labute approximate surface area is 146 Å². The molecule has 5 nitrogen and oxygen atoms in total. The van der Waals surface area contributed by atoms with Gasteiger partial charge in [0.1, 0.15) is 10.6 Å². The van der Waals surface area contributed by atoms with E-state index in [4.69, 9.17) is 4.74 Å². The van der Waals surface area contributed by atoms with Gasteiger partial charge in [0.25, 0.3) is 5.91 Å². The monoisotopic (exact) mass is 345 g/mol. The molecule has 1 amide bonds. The van der Waals surface area contributed by atoms with Crippen LogP contribution in [0, 0.1) is 6.92 Å². The molecule has 2 aromatic rings. The molecule has 6 heteroatoms. The zero-order valence-corrected chi connectivity index (χ0v) is 15.2. The molecule has 1 aromatic heterocycles. The van der Waals surface area contributed by atoms with Gasteiger partial charge in [-0.2, -0.15) is 0 Å². The van der Waals surface area contributed by atoms with E-state index < -0.39 is 0 Å². The van der Waals surface area contributed by atoms with Crippen LogP contribution in [0.1, 0.15) is 15.2 Å². The fraction of sp³-hybridized carbons (Fsp3) is 0.389. The van der Waals surface area contributed by atoms with Gasteiger partial charge in [0.05, 0.1) is 7.11 Å². The molecule has 3 rings (SSSR count). The summed E-state index contributed by atoms with van der Waals surface area (Å²) >= 11 is 1.38. The molecule has 1 N–H and O–H groups in total. The lowest BCUT2D eigenvalue weighted by Crippen LogP contribution is -2.44. The van der Waals surface area contributed by atoms with E-state index in [0.717, 1.165) is 37.4 Å². The maximum absolute atomic E-state index is 12.4. The molecule has 2 heterocycles. The second-order valence-electron chi connectivity index (χ2n) is 6.06. The summed E-state index contributed by atoms with van der Waals surface area (Å²) in [6.45, 7) is 6.26. The summed E-state index contributed by atoms with van der Waals surface area (Å²) < 4.78 is 5.22. The number of ether oxygens (including phenoxy) is 1. The van der Waals surface area contributed by atoms with E-state index in [1.165, 1.54) is 17.0 Å². The zero-order valence-electron chi connectivity index (χ0n) is 14.3. The SMILES string of the molecule is COc1ccsc1C(=O)Nc1ccc(N2CCN(C)CC2)cc1C. The molecule has 1 aliphatic rings. The largest absolute Gasteiger partial charge is 0.495 e. The minimum absolute atomic E-state index is 0.128. The molecule has 0 unspecified atom stereocenters. The van der Waals surface area contributed by atoms with Gasteiger partial charge in [-0.1, -0.05) is 0 Å². The number of rotatable bonds is 4. The summed E-state index contributed by atoms with van der Waals surface area (Å²) in [5.74, 6) is 0.488. The van der Waals surface area contributed by atoms with Gasteiger partial charge >= 0.3 is 0 Å². The van der Waals surface area contributed by atoms with Crippen molar-refractivity contribution in [3.8, 4) is 5.75 Å². The van der Waals surface area contributed by atoms with Crippen molar-refractivity contribution >= 4 is 28.6 Å². The van der Waals surface area contributed by atoms with Crippen molar-refractivity contribution in [1.29, 1.82) is 0 Å². The van der Waals surface area contributed by atoms with Gasteiger partial charge in [-0.05, 0) is 49.2 Å². The Morgan fingerprint density at radius 3 is 2.62 bits per heavy atom. The number of amides is 1. The van der Waals surface area contributed by atoms with Crippen LogP contribution in [0.2, 0.25) is 0 Å². The van der Waals surface area contributed by atoms with E-state index in [0.29, 0.717) is 10.6 Å². The van der Waals surface area contributed by atoms with E-state index in [1.807, 2.05) is 24.4 Å². The molecular formula is C18H23N3O2S. The summed E-state index contributed by atoms with van der Waals surface area (Å²) in [6, 6.07) is 8.02. The Kier molecular flexibility index (Phi) is 5.06. The smallest absolute Gasteiger partial charge is 0.269 e. The number of piperazine rings is 1. The normalized spacial score (nSPS) is 15.4. The van der Waals surface area contributed by atoms with Crippen LogP contribution in [0.15, 0.2) is 29.6 Å². The fourth-order valence-corrected chi connectivity index (χ4v) is 3.61. The number of aryl methyl sites for hydroxylation is 1. The molecule has 24 heavy (non-hydrogen) atoms. The van der Waals surface area contributed by atoms with E-state index in [1.54, 1.807) is 7.11 Å². The predicted octanol–water partition coefficient (Wildman–Crippen LogP) is 3.07. The van der Waals surface area contributed by atoms with Crippen LogP contribution < -0.4 is 15.0 Å². The summed E-state index contributed by atoms with van der Waals surface area (Å²) in [6.07, 6.45) is 0. The van der Waals surface area contributed by atoms with Gasteiger partial charge in [0.15, 0.2) is 0 Å². The summed E-state index contributed by atoms with van der Waals surface area (Å²) in [7, 11) is 3.73. The van der Waals surface area contributed by atoms with E-state index >= 15 is 0 Å². The van der Waals surface area contributed by atoms with Crippen LogP contribution in [0.5, 0.6) is 5.75 Å². The summed E-state index contributed by atoms with van der Waals surface area (Å²) in [5, 5.41) is 4.85. The van der Waals surface area contributed by atoms with Gasteiger partial charge in [-0.25, -0.2) is 0 Å². The molecule has 0 radical (unpaired) electrons.